The van der Waals surface area contributed by atoms with Crippen LogP contribution in [0.1, 0.15) is 5.89 Å². The van der Waals surface area contributed by atoms with Gasteiger partial charge in [0.15, 0.2) is 5.58 Å². The summed E-state index contributed by atoms with van der Waals surface area (Å²) in [7, 11) is 2.04. The molecule has 0 fully saturated rings. The third kappa shape index (κ3) is 5.83. The Morgan fingerprint density at radius 1 is 0.413 bits per heavy atom. The van der Waals surface area contributed by atoms with Crippen molar-refractivity contribution in [2.45, 2.75) is 6.54 Å². The Balaban J connectivity index is 0.788. The van der Waals surface area contributed by atoms with Gasteiger partial charge in [0.05, 0.1) is 34.7 Å². The molecule has 0 aliphatic carbocycles. The van der Waals surface area contributed by atoms with Crippen LogP contribution >= 0.6 is 0 Å². The maximum absolute atomic E-state index is 6.62. The van der Waals surface area contributed by atoms with Gasteiger partial charge in [-0.05, 0) is 131 Å². The molecular weight excluding hydrogens is 771 g/mol. The second-order valence-electron chi connectivity index (χ2n) is 16.6. The summed E-state index contributed by atoms with van der Waals surface area (Å²) in [5, 5.41) is 9.76. The number of aromatic nitrogens is 5. The van der Waals surface area contributed by atoms with Crippen molar-refractivity contribution in [3.63, 3.8) is 0 Å². The molecule has 0 N–H and O–H groups in total. The van der Waals surface area contributed by atoms with E-state index in [9.17, 15) is 0 Å². The third-order valence-electron chi connectivity index (χ3n) is 12.9. The lowest BCUT2D eigenvalue weighted by atomic mass is 9.93. The molecule has 0 radical (unpaired) electrons. The van der Waals surface area contributed by atoms with Gasteiger partial charge in [-0.15, -0.1) is 0 Å². The Morgan fingerprint density at radius 3 is 1.79 bits per heavy atom. The first kappa shape index (κ1) is 35.4. The van der Waals surface area contributed by atoms with Crippen molar-refractivity contribution < 1.29 is 4.42 Å². The maximum Gasteiger partial charge on any atom is 0.215 e. The second kappa shape index (κ2) is 13.8. The summed E-state index contributed by atoms with van der Waals surface area (Å²) >= 11 is 0. The molecule has 296 valence electrons. The molecule has 0 saturated carbocycles. The molecule has 0 bridgehead atoms. The van der Waals surface area contributed by atoms with Gasteiger partial charge in [-0.2, -0.15) is 0 Å². The minimum Gasteiger partial charge on any atom is -0.438 e. The lowest BCUT2D eigenvalue weighted by molar-refractivity contribution is 0.513. The van der Waals surface area contributed by atoms with Crippen molar-refractivity contribution in [2.24, 2.45) is 7.05 Å². The lowest BCUT2D eigenvalue weighted by Crippen LogP contribution is -1.97. The summed E-state index contributed by atoms with van der Waals surface area (Å²) in [5.74, 6) is 0.642. The number of hydrogen-bond acceptors (Lipinski definition) is 4. The van der Waals surface area contributed by atoms with E-state index in [1.54, 1.807) is 0 Å². The number of fused-ring (bicyclic) bond motifs is 9. The third-order valence-corrected chi connectivity index (χ3v) is 12.9. The quantitative estimate of drug-likeness (QED) is 0.157. The van der Waals surface area contributed by atoms with E-state index in [2.05, 4.69) is 190 Å². The first-order valence-electron chi connectivity index (χ1n) is 21.3. The molecule has 0 aliphatic rings. The van der Waals surface area contributed by atoms with Gasteiger partial charge >= 0.3 is 0 Å². The van der Waals surface area contributed by atoms with Crippen molar-refractivity contribution in [1.29, 1.82) is 0 Å². The van der Waals surface area contributed by atoms with Gasteiger partial charge < -0.3 is 13.6 Å². The molecule has 6 heteroatoms. The summed E-state index contributed by atoms with van der Waals surface area (Å²) < 4.78 is 10.8. The van der Waals surface area contributed by atoms with Gasteiger partial charge in [0.25, 0.3) is 0 Å². The molecule has 3 aromatic heterocycles. The van der Waals surface area contributed by atoms with Crippen molar-refractivity contribution in [1.82, 2.24) is 24.1 Å². The summed E-state index contributed by atoms with van der Waals surface area (Å²) in [6.07, 6.45) is 3.75. The molecule has 6 nitrogen and oxygen atoms in total. The minimum absolute atomic E-state index is 0.469. The SMILES string of the molecule is Cn1cnc2ccc(-c3ccc4c(ccc5cc(-c6ccc7c(c6)ncn7Cc6nc7cccc(-c8cccc9c8ccc8cc(-c%10ccccc%10)ccc89)c7o6)ccc54)c3)cc21. The molecule has 13 rings (SSSR count). The van der Waals surface area contributed by atoms with Crippen molar-refractivity contribution in [2.75, 3.05) is 0 Å². The topological polar surface area (TPSA) is 61.7 Å². The van der Waals surface area contributed by atoms with E-state index in [0.29, 0.717) is 12.4 Å². The van der Waals surface area contributed by atoms with Crippen LogP contribution in [0.5, 0.6) is 0 Å². The van der Waals surface area contributed by atoms with Crippen molar-refractivity contribution >= 4 is 76.3 Å². The van der Waals surface area contributed by atoms with Gasteiger partial charge in [0.1, 0.15) is 12.1 Å². The van der Waals surface area contributed by atoms with E-state index in [1.807, 2.05) is 25.8 Å². The van der Waals surface area contributed by atoms with Crippen molar-refractivity contribution in [3.05, 3.63) is 201 Å². The number of para-hydroxylation sites is 1. The van der Waals surface area contributed by atoms with Crippen LogP contribution < -0.4 is 0 Å². The van der Waals surface area contributed by atoms with Crippen LogP contribution in [0.15, 0.2) is 199 Å². The van der Waals surface area contributed by atoms with Crippen LogP contribution in [-0.4, -0.2) is 24.1 Å². The van der Waals surface area contributed by atoms with E-state index < -0.39 is 0 Å². The molecule has 10 aromatic carbocycles. The molecule has 63 heavy (non-hydrogen) atoms. The standard InChI is InChI=1S/C57H37N5O/c1-61-33-58-51-25-19-40(31-55(51)61)38-17-22-45-42(29-38)14-13-41-28-37(16-21-44(41)45)39-20-26-54-53(30-39)59-34-62(54)32-56-60-52-12-6-11-50(57(52)63-56)48-10-5-9-47-46-23-15-36(35-7-3-2-4-8-35)27-43(46)18-24-49(47)48/h2-31,33-34H,32H2,1H3. The number of nitrogens with zero attached hydrogens (tertiary/aromatic N) is 5. The number of rotatable bonds is 6. The van der Waals surface area contributed by atoms with Crippen molar-refractivity contribution in [3.8, 4) is 44.5 Å². The Bertz CT molecular complexity index is 3970. The zero-order chi connectivity index (χ0) is 41.6. The molecule has 3 heterocycles. The number of hydrogen-bond donors (Lipinski definition) is 0. The molecule has 0 aliphatic heterocycles. The normalized spacial score (nSPS) is 12.0. The van der Waals surface area contributed by atoms with Crippen LogP contribution in [0.4, 0.5) is 0 Å². The molecule has 0 unspecified atom stereocenters. The lowest BCUT2D eigenvalue weighted by Gasteiger charge is -2.11. The average Bonchev–Trinajstić information content (AvgIpc) is 4.06. The smallest absolute Gasteiger partial charge is 0.215 e. The van der Waals surface area contributed by atoms with E-state index >= 15 is 0 Å². The molecule has 0 spiro atoms. The number of oxazole rings is 1. The Hall–Kier alpha value is -8.35. The van der Waals surface area contributed by atoms with Gasteiger partial charge in [-0.1, -0.05) is 133 Å². The zero-order valence-electron chi connectivity index (χ0n) is 34.3. The fourth-order valence-corrected chi connectivity index (χ4v) is 9.67. The summed E-state index contributed by atoms with van der Waals surface area (Å²) in [5.41, 5.74) is 15.0. The Morgan fingerprint density at radius 2 is 1.02 bits per heavy atom. The molecule has 0 amide bonds. The highest BCUT2D eigenvalue weighted by Gasteiger charge is 2.17. The summed E-state index contributed by atoms with van der Waals surface area (Å²) in [6, 6.07) is 65.6. The highest BCUT2D eigenvalue weighted by atomic mass is 16.3. The van der Waals surface area contributed by atoms with Crippen LogP contribution in [-0.2, 0) is 13.6 Å². The molecule has 13 aromatic rings. The number of imidazole rings is 2. The van der Waals surface area contributed by atoms with Gasteiger partial charge in [-0.25, -0.2) is 15.0 Å². The molecule has 0 saturated heterocycles. The van der Waals surface area contributed by atoms with Gasteiger partial charge in [-0.3, -0.25) is 0 Å². The van der Waals surface area contributed by atoms with E-state index in [1.165, 1.54) is 65.3 Å². The zero-order valence-corrected chi connectivity index (χ0v) is 34.3. The van der Waals surface area contributed by atoms with Crippen LogP contribution in [0.3, 0.4) is 0 Å². The molecule has 0 atom stereocenters. The fourth-order valence-electron chi connectivity index (χ4n) is 9.67. The van der Waals surface area contributed by atoms with Crippen LogP contribution in [0.25, 0.3) is 121 Å². The largest absolute Gasteiger partial charge is 0.438 e. The minimum atomic E-state index is 0.469. The monoisotopic (exact) mass is 807 g/mol. The second-order valence-corrected chi connectivity index (χ2v) is 16.6. The highest BCUT2D eigenvalue weighted by molar-refractivity contribution is 6.14. The molecular formula is C57H37N5O. The van der Waals surface area contributed by atoms with Crippen LogP contribution in [0, 0.1) is 0 Å². The first-order valence-corrected chi connectivity index (χ1v) is 21.3. The Labute approximate surface area is 362 Å². The number of aryl methyl sites for hydroxylation is 1. The summed E-state index contributed by atoms with van der Waals surface area (Å²) in [6.45, 7) is 0.469. The number of benzene rings is 10. The van der Waals surface area contributed by atoms with E-state index in [0.717, 1.165) is 55.4 Å². The average molecular weight is 808 g/mol. The van der Waals surface area contributed by atoms with E-state index in [-0.39, 0.29) is 0 Å². The first-order chi connectivity index (χ1) is 31.1. The Kier molecular flexibility index (Phi) is 7.78. The summed E-state index contributed by atoms with van der Waals surface area (Å²) in [4.78, 5) is 14.3. The van der Waals surface area contributed by atoms with E-state index in [4.69, 9.17) is 14.4 Å². The van der Waals surface area contributed by atoms with Crippen LogP contribution in [0.2, 0.25) is 0 Å². The maximum atomic E-state index is 6.62. The predicted molar refractivity (Wildman–Crippen MR) is 259 cm³/mol. The van der Waals surface area contributed by atoms with Gasteiger partial charge in [0.2, 0.25) is 5.89 Å². The van der Waals surface area contributed by atoms with Gasteiger partial charge in [0, 0.05) is 12.6 Å². The predicted octanol–water partition coefficient (Wildman–Crippen LogP) is 14.4. The highest BCUT2D eigenvalue weighted by Crippen LogP contribution is 2.39. The fraction of sp³-hybridized carbons (Fsp3) is 0.0351.